The summed E-state index contributed by atoms with van der Waals surface area (Å²) in [6.45, 7) is 0.984. The van der Waals surface area contributed by atoms with E-state index in [1.54, 1.807) is 4.90 Å². The summed E-state index contributed by atoms with van der Waals surface area (Å²) >= 11 is 0. The van der Waals surface area contributed by atoms with Gasteiger partial charge in [0.2, 0.25) is 0 Å². The molecule has 4 rings (SSSR count). The minimum atomic E-state index is -3.35. The Balaban J connectivity index is 1.59. The number of sulfone groups is 1. The molecule has 1 saturated heterocycles. The summed E-state index contributed by atoms with van der Waals surface area (Å²) in [6, 6.07) is 7.47. The number of nitrogens with one attached hydrogen (secondary N) is 2. The van der Waals surface area contributed by atoms with Gasteiger partial charge in [0, 0.05) is 30.6 Å². The van der Waals surface area contributed by atoms with E-state index < -0.39 is 9.84 Å². The average Bonchev–Trinajstić information content (AvgIpc) is 3.31. The topological polar surface area (TPSA) is 112 Å². The number of likely N-dealkylation sites (tertiary alicyclic amines) is 1. The first-order chi connectivity index (χ1) is 11.9. The van der Waals surface area contributed by atoms with Crippen LogP contribution in [0.15, 0.2) is 35.4 Å². The smallest absolute Gasteiger partial charge is 0.275 e. The van der Waals surface area contributed by atoms with E-state index in [0.29, 0.717) is 30.9 Å². The standard InChI is InChI=1S/C16H17N5O3S/c1-25(23,24)13-8-17-19-14(13)10-6-7-21(9-10)16(22)15-11-4-2-3-5-12(11)18-20-15/h2-5,8,10H,6-7,9H2,1H3,(H,17,19)(H,18,20). The Morgan fingerprint density at radius 2 is 2.08 bits per heavy atom. The van der Waals surface area contributed by atoms with Crippen LogP contribution in [0.4, 0.5) is 0 Å². The molecule has 1 atom stereocenters. The van der Waals surface area contributed by atoms with Crippen molar-refractivity contribution in [3.63, 3.8) is 0 Å². The number of hydrogen-bond donors (Lipinski definition) is 2. The monoisotopic (exact) mass is 359 g/mol. The summed E-state index contributed by atoms with van der Waals surface area (Å²) in [5.74, 6) is -0.234. The highest BCUT2D eigenvalue weighted by molar-refractivity contribution is 7.90. The number of carbonyl (C=O) groups is 1. The second-order valence-electron chi connectivity index (χ2n) is 6.27. The van der Waals surface area contributed by atoms with Crippen molar-refractivity contribution in [3.05, 3.63) is 41.9 Å². The second kappa shape index (κ2) is 5.69. The molecule has 0 spiro atoms. The van der Waals surface area contributed by atoms with Crippen molar-refractivity contribution in [1.82, 2.24) is 25.3 Å². The van der Waals surface area contributed by atoms with E-state index in [-0.39, 0.29) is 16.7 Å². The maximum atomic E-state index is 12.8. The number of hydrogen-bond acceptors (Lipinski definition) is 5. The number of H-pyrrole nitrogens is 2. The van der Waals surface area contributed by atoms with Gasteiger partial charge in [0.25, 0.3) is 5.91 Å². The summed E-state index contributed by atoms with van der Waals surface area (Å²) < 4.78 is 23.7. The van der Waals surface area contributed by atoms with E-state index >= 15 is 0 Å². The number of carbonyl (C=O) groups excluding carboxylic acids is 1. The Morgan fingerprint density at radius 3 is 2.88 bits per heavy atom. The summed E-state index contributed by atoms with van der Waals surface area (Å²) in [5.41, 5.74) is 1.78. The molecule has 3 heterocycles. The van der Waals surface area contributed by atoms with Gasteiger partial charge < -0.3 is 4.90 Å². The van der Waals surface area contributed by atoms with Crippen LogP contribution in [-0.2, 0) is 9.84 Å². The number of aromatic amines is 2. The van der Waals surface area contributed by atoms with Crippen molar-refractivity contribution in [2.75, 3.05) is 19.3 Å². The molecule has 1 unspecified atom stereocenters. The molecule has 25 heavy (non-hydrogen) atoms. The molecule has 2 N–H and O–H groups in total. The minimum absolute atomic E-state index is 0.0821. The normalized spacial score (nSPS) is 18.1. The first-order valence-corrected chi connectivity index (χ1v) is 9.80. The third-order valence-electron chi connectivity index (χ3n) is 4.59. The highest BCUT2D eigenvalue weighted by Gasteiger charge is 2.33. The Labute approximate surface area is 144 Å². The fourth-order valence-corrected chi connectivity index (χ4v) is 4.19. The van der Waals surface area contributed by atoms with E-state index in [9.17, 15) is 13.2 Å². The van der Waals surface area contributed by atoms with Crippen molar-refractivity contribution in [2.24, 2.45) is 0 Å². The molecule has 9 heteroatoms. The van der Waals surface area contributed by atoms with Crippen LogP contribution in [0.5, 0.6) is 0 Å². The lowest BCUT2D eigenvalue weighted by molar-refractivity contribution is 0.0786. The quantitative estimate of drug-likeness (QED) is 0.732. The van der Waals surface area contributed by atoms with Gasteiger partial charge in [0.15, 0.2) is 15.5 Å². The van der Waals surface area contributed by atoms with E-state index in [0.717, 1.165) is 17.2 Å². The van der Waals surface area contributed by atoms with Crippen LogP contribution in [0.2, 0.25) is 0 Å². The minimum Gasteiger partial charge on any atom is -0.337 e. The van der Waals surface area contributed by atoms with E-state index in [4.69, 9.17) is 0 Å². The summed E-state index contributed by atoms with van der Waals surface area (Å²) in [7, 11) is -3.35. The molecule has 1 aromatic carbocycles. The van der Waals surface area contributed by atoms with Gasteiger partial charge in [-0.1, -0.05) is 18.2 Å². The van der Waals surface area contributed by atoms with Gasteiger partial charge in [-0.25, -0.2) is 8.42 Å². The first-order valence-electron chi connectivity index (χ1n) is 7.91. The molecule has 0 radical (unpaired) electrons. The van der Waals surface area contributed by atoms with Gasteiger partial charge in [-0.2, -0.15) is 10.2 Å². The molecule has 2 aromatic heterocycles. The largest absolute Gasteiger partial charge is 0.337 e. The van der Waals surface area contributed by atoms with E-state index in [1.165, 1.54) is 6.20 Å². The number of rotatable bonds is 3. The summed E-state index contributed by atoms with van der Waals surface area (Å²) in [4.78, 5) is 14.7. The molecule has 3 aromatic rings. The van der Waals surface area contributed by atoms with Gasteiger partial charge in [0.1, 0.15) is 4.90 Å². The zero-order valence-electron chi connectivity index (χ0n) is 13.6. The predicted octanol–water partition coefficient (Wildman–Crippen LogP) is 1.32. The molecular weight excluding hydrogens is 342 g/mol. The number of aromatic nitrogens is 4. The van der Waals surface area contributed by atoms with Gasteiger partial charge in [-0.3, -0.25) is 15.0 Å². The van der Waals surface area contributed by atoms with Crippen molar-refractivity contribution in [2.45, 2.75) is 17.2 Å². The predicted molar refractivity (Wildman–Crippen MR) is 91.1 cm³/mol. The molecule has 1 amide bonds. The van der Waals surface area contributed by atoms with Crippen molar-refractivity contribution in [1.29, 1.82) is 0 Å². The highest BCUT2D eigenvalue weighted by atomic mass is 32.2. The van der Waals surface area contributed by atoms with Gasteiger partial charge >= 0.3 is 0 Å². The maximum absolute atomic E-state index is 12.8. The van der Waals surface area contributed by atoms with Crippen LogP contribution < -0.4 is 0 Å². The zero-order valence-corrected chi connectivity index (χ0v) is 14.4. The van der Waals surface area contributed by atoms with Crippen LogP contribution in [0.1, 0.15) is 28.5 Å². The van der Waals surface area contributed by atoms with Gasteiger partial charge in [0.05, 0.1) is 17.4 Å². The van der Waals surface area contributed by atoms with Crippen LogP contribution >= 0.6 is 0 Å². The van der Waals surface area contributed by atoms with Crippen LogP contribution in [0, 0.1) is 0 Å². The van der Waals surface area contributed by atoms with Gasteiger partial charge in [-0.05, 0) is 12.5 Å². The van der Waals surface area contributed by atoms with Crippen LogP contribution in [0.25, 0.3) is 10.9 Å². The van der Waals surface area contributed by atoms with Crippen LogP contribution in [-0.4, -0.2) is 59.0 Å². The summed E-state index contributed by atoms with van der Waals surface area (Å²) in [6.07, 6.45) is 3.17. The average molecular weight is 359 g/mol. The van der Waals surface area contributed by atoms with Gasteiger partial charge in [-0.15, -0.1) is 0 Å². The van der Waals surface area contributed by atoms with E-state index in [1.807, 2.05) is 24.3 Å². The lowest BCUT2D eigenvalue weighted by Crippen LogP contribution is -2.29. The Morgan fingerprint density at radius 1 is 1.28 bits per heavy atom. The molecule has 0 aliphatic carbocycles. The molecule has 1 aliphatic heterocycles. The molecule has 130 valence electrons. The van der Waals surface area contributed by atoms with Crippen molar-refractivity contribution < 1.29 is 13.2 Å². The van der Waals surface area contributed by atoms with E-state index in [2.05, 4.69) is 20.4 Å². The Kier molecular flexibility index (Phi) is 3.60. The number of amides is 1. The number of benzene rings is 1. The molecule has 0 bridgehead atoms. The highest BCUT2D eigenvalue weighted by Crippen LogP contribution is 2.31. The number of nitrogens with zero attached hydrogens (tertiary/aromatic N) is 3. The van der Waals surface area contributed by atoms with Crippen LogP contribution in [0.3, 0.4) is 0 Å². The third kappa shape index (κ3) is 2.70. The Bertz CT molecular complexity index is 1050. The number of fused-ring (bicyclic) bond motifs is 1. The number of para-hydroxylation sites is 1. The first kappa shape index (κ1) is 15.8. The SMILES string of the molecule is CS(=O)(=O)c1cn[nH]c1C1CCN(C(=O)c2n[nH]c3ccccc23)C1. The van der Waals surface area contributed by atoms with Crippen molar-refractivity contribution >= 4 is 26.6 Å². The fourth-order valence-electron chi connectivity index (χ4n) is 3.33. The van der Waals surface area contributed by atoms with Crippen molar-refractivity contribution in [3.8, 4) is 0 Å². The molecule has 8 nitrogen and oxygen atoms in total. The molecule has 1 fully saturated rings. The Hall–Kier alpha value is -2.68. The second-order valence-corrected chi connectivity index (χ2v) is 8.26. The summed E-state index contributed by atoms with van der Waals surface area (Å²) in [5, 5.41) is 14.5. The lowest BCUT2D eigenvalue weighted by atomic mass is 10.1. The lowest BCUT2D eigenvalue weighted by Gasteiger charge is -2.15. The zero-order chi connectivity index (χ0) is 17.6. The molecular formula is C16H17N5O3S. The fraction of sp³-hybridized carbons (Fsp3) is 0.312. The maximum Gasteiger partial charge on any atom is 0.275 e. The molecule has 1 aliphatic rings. The third-order valence-corrected chi connectivity index (χ3v) is 5.71. The molecule has 0 saturated carbocycles.